The molecule has 29 heavy (non-hydrogen) atoms. The summed E-state index contributed by atoms with van der Waals surface area (Å²) in [7, 11) is 2.97. The van der Waals surface area contributed by atoms with Crippen LogP contribution in [-0.4, -0.2) is 37.7 Å². The number of hydrogen-bond donors (Lipinski definition) is 0. The lowest BCUT2D eigenvalue weighted by Crippen LogP contribution is -2.31. The van der Waals surface area contributed by atoms with Crippen molar-refractivity contribution in [1.29, 1.82) is 0 Å². The maximum atomic E-state index is 12.8. The van der Waals surface area contributed by atoms with Crippen LogP contribution in [0.2, 0.25) is 0 Å². The van der Waals surface area contributed by atoms with E-state index in [4.69, 9.17) is 9.47 Å². The summed E-state index contributed by atoms with van der Waals surface area (Å²) in [6.45, 7) is -2.52. The Bertz CT molecular complexity index is 864. The second kappa shape index (κ2) is 9.41. The van der Waals surface area contributed by atoms with Gasteiger partial charge in [-0.05, 0) is 42.7 Å². The zero-order valence-electron chi connectivity index (χ0n) is 16.3. The molecule has 2 aromatic carbocycles. The Hall–Kier alpha value is -3.09. The first-order valence-corrected chi connectivity index (χ1v) is 9.25. The van der Waals surface area contributed by atoms with Crippen molar-refractivity contribution in [2.45, 2.75) is 32.0 Å². The van der Waals surface area contributed by atoms with Gasteiger partial charge >= 0.3 is 6.61 Å². The first-order valence-electron chi connectivity index (χ1n) is 9.25. The third kappa shape index (κ3) is 5.47. The number of halogens is 2. The van der Waals surface area contributed by atoms with Crippen LogP contribution in [0.25, 0.3) is 6.08 Å². The number of para-hydroxylation sites is 1. The van der Waals surface area contributed by atoms with Gasteiger partial charge in [-0.1, -0.05) is 24.3 Å². The average molecular weight is 403 g/mol. The molecule has 0 N–H and O–H groups in total. The minimum Gasteiger partial charge on any atom is -0.497 e. The van der Waals surface area contributed by atoms with Gasteiger partial charge in [0.25, 0.3) is 0 Å². The van der Waals surface area contributed by atoms with Gasteiger partial charge in [-0.2, -0.15) is 8.78 Å². The number of nitrogens with zero attached hydrogens (tertiary/aromatic N) is 1. The van der Waals surface area contributed by atoms with Crippen molar-refractivity contribution in [2.24, 2.45) is 0 Å². The summed E-state index contributed by atoms with van der Waals surface area (Å²) in [5, 5.41) is 0. The molecule has 0 saturated heterocycles. The second-order valence-electron chi connectivity index (χ2n) is 6.64. The van der Waals surface area contributed by atoms with Crippen LogP contribution in [0.4, 0.5) is 8.78 Å². The molecule has 5 nitrogen and oxygen atoms in total. The number of carbonyl (C=O) groups is 1. The summed E-state index contributed by atoms with van der Waals surface area (Å²) in [6, 6.07) is 12.5. The predicted octanol–water partition coefficient (Wildman–Crippen LogP) is 4.51. The summed E-state index contributed by atoms with van der Waals surface area (Å²) in [4.78, 5) is 14.6. The van der Waals surface area contributed by atoms with Crippen molar-refractivity contribution in [1.82, 2.24) is 4.90 Å². The molecule has 1 aliphatic carbocycles. The number of carbonyl (C=O) groups excluding carboxylic acids is 1. The minimum atomic E-state index is -2.99. The molecule has 0 bridgehead atoms. The fourth-order valence-electron chi connectivity index (χ4n) is 3.00. The van der Waals surface area contributed by atoms with E-state index in [-0.39, 0.29) is 23.4 Å². The Balaban J connectivity index is 1.77. The maximum absolute atomic E-state index is 12.8. The molecule has 0 radical (unpaired) electrons. The van der Waals surface area contributed by atoms with E-state index >= 15 is 0 Å². The average Bonchev–Trinajstić information content (AvgIpc) is 3.56. The number of rotatable bonds is 9. The van der Waals surface area contributed by atoms with E-state index in [2.05, 4.69) is 4.74 Å². The normalized spacial score (nSPS) is 13.6. The number of amides is 1. The van der Waals surface area contributed by atoms with Crippen molar-refractivity contribution < 1.29 is 27.8 Å². The number of hydrogen-bond acceptors (Lipinski definition) is 4. The maximum Gasteiger partial charge on any atom is 0.387 e. The van der Waals surface area contributed by atoms with E-state index in [0.29, 0.717) is 12.1 Å². The highest BCUT2D eigenvalue weighted by molar-refractivity contribution is 5.92. The summed E-state index contributed by atoms with van der Waals surface area (Å²) in [5.74, 6) is 0.649. The monoisotopic (exact) mass is 403 g/mol. The van der Waals surface area contributed by atoms with E-state index < -0.39 is 6.61 Å². The molecule has 0 spiro atoms. The quantitative estimate of drug-likeness (QED) is 0.578. The molecule has 1 aliphatic rings. The Morgan fingerprint density at radius 3 is 2.45 bits per heavy atom. The van der Waals surface area contributed by atoms with Gasteiger partial charge in [-0.25, -0.2) is 0 Å². The molecular formula is C22H23F2NO4. The second-order valence-corrected chi connectivity index (χ2v) is 6.64. The molecule has 7 heteroatoms. The van der Waals surface area contributed by atoms with Crippen LogP contribution in [0.5, 0.6) is 17.2 Å². The highest BCUT2D eigenvalue weighted by Gasteiger charge is 2.31. The minimum absolute atomic E-state index is 0.0952. The smallest absolute Gasteiger partial charge is 0.387 e. The van der Waals surface area contributed by atoms with E-state index in [1.54, 1.807) is 24.1 Å². The fraction of sp³-hybridized carbons (Fsp3) is 0.318. The molecule has 3 rings (SSSR count). The topological polar surface area (TPSA) is 48.0 Å². The van der Waals surface area contributed by atoms with E-state index in [1.807, 2.05) is 24.3 Å². The first-order chi connectivity index (χ1) is 14.0. The van der Waals surface area contributed by atoms with Gasteiger partial charge in [-0.15, -0.1) is 0 Å². The zero-order valence-corrected chi connectivity index (χ0v) is 16.3. The summed E-state index contributed by atoms with van der Waals surface area (Å²) in [6.07, 6.45) is 4.77. The Morgan fingerprint density at radius 2 is 1.86 bits per heavy atom. The molecule has 0 atom stereocenters. The molecule has 0 unspecified atom stereocenters. The van der Waals surface area contributed by atoms with Gasteiger partial charge < -0.3 is 19.1 Å². The Morgan fingerprint density at radius 1 is 1.14 bits per heavy atom. The number of alkyl halides is 2. The SMILES string of the molecule is COc1ccc(CN(C(=O)/C=C/c2cccc(OC)c2OC(F)F)C2CC2)cc1. The van der Waals surface area contributed by atoms with Crippen molar-refractivity contribution in [3.05, 3.63) is 59.7 Å². The number of ether oxygens (including phenoxy) is 3. The zero-order chi connectivity index (χ0) is 20.8. The summed E-state index contributed by atoms with van der Waals surface area (Å²) >= 11 is 0. The summed E-state index contributed by atoms with van der Waals surface area (Å²) < 4.78 is 40.4. The lowest BCUT2D eigenvalue weighted by molar-refractivity contribution is -0.127. The van der Waals surface area contributed by atoms with Crippen LogP contribution in [-0.2, 0) is 11.3 Å². The highest BCUT2D eigenvalue weighted by atomic mass is 19.3. The van der Waals surface area contributed by atoms with E-state index in [0.717, 1.165) is 24.2 Å². The molecule has 0 aliphatic heterocycles. The van der Waals surface area contributed by atoms with Crippen LogP contribution in [0.1, 0.15) is 24.0 Å². The molecule has 154 valence electrons. The molecule has 1 saturated carbocycles. The molecule has 1 amide bonds. The van der Waals surface area contributed by atoms with Gasteiger partial charge in [0, 0.05) is 24.2 Å². The van der Waals surface area contributed by atoms with Crippen LogP contribution in [0.15, 0.2) is 48.5 Å². The van der Waals surface area contributed by atoms with E-state index in [1.165, 1.54) is 25.3 Å². The van der Waals surface area contributed by atoms with Crippen molar-refractivity contribution in [3.8, 4) is 17.2 Å². The van der Waals surface area contributed by atoms with Crippen LogP contribution in [0.3, 0.4) is 0 Å². The third-order valence-electron chi connectivity index (χ3n) is 4.62. The van der Waals surface area contributed by atoms with E-state index in [9.17, 15) is 13.6 Å². The standard InChI is InChI=1S/C22H23F2NO4/c1-27-18-11-6-15(7-12-18)14-25(17-9-10-17)20(26)13-8-16-4-3-5-19(28-2)21(16)29-22(23)24/h3-8,11-13,17,22H,9-10,14H2,1-2H3/b13-8+. The molecule has 0 heterocycles. The Labute approximate surface area is 168 Å². The molecule has 2 aromatic rings. The van der Waals surface area contributed by atoms with Crippen molar-refractivity contribution >= 4 is 12.0 Å². The first kappa shape index (κ1) is 20.6. The van der Waals surface area contributed by atoms with Crippen LogP contribution in [0, 0.1) is 0 Å². The largest absolute Gasteiger partial charge is 0.497 e. The van der Waals surface area contributed by atoms with Gasteiger partial charge in [0.1, 0.15) is 5.75 Å². The fourth-order valence-corrected chi connectivity index (χ4v) is 3.00. The van der Waals surface area contributed by atoms with Gasteiger partial charge in [-0.3, -0.25) is 4.79 Å². The van der Waals surface area contributed by atoms with Gasteiger partial charge in [0.2, 0.25) is 5.91 Å². The number of benzene rings is 2. The summed E-state index contributed by atoms with van der Waals surface area (Å²) in [5.41, 5.74) is 1.33. The highest BCUT2D eigenvalue weighted by Crippen LogP contribution is 2.34. The van der Waals surface area contributed by atoms with Crippen LogP contribution < -0.4 is 14.2 Å². The molecular weight excluding hydrogens is 380 g/mol. The Kier molecular flexibility index (Phi) is 6.69. The predicted molar refractivity (Wildman–Crippen MR) is 105 cm³/mol. The number of methoxy groups -OCH3 is 2. The van der Waals surface area contributed by atoms with Crippen molar-refractivity contribution in [2.75, 3.05) is 14.2 Å². The molecule has 1 fully saturated rings. The molecule has 0 aromatic heterocycles. The van der Waals surface area contributed by atoms with Gasteiger partial charge in [0.05, 0.1) is 14.2 Å². The van der Waals surface area contributed by atoms with Crippen molar-refractivity contribution in [3.63, 3.8) is 0 Å². The van der Waals surface area contributed by atoms with Crippen LogP contribution >= 0.6 is 0 Å². The lowest BCUT2D eigenvalue weighted by Gasteiger charge is -2.21. The lowest BCUT2D eigenvalue weighted by atomic mass is 10.1. The third-order valence-corrected chi connectivity index (χ3v) is 4.62. The van der Waals surface area contributed by atoms with Gasteiger partial charge in [0.15, 0.2) is 11.5 Å².